The summed E-state index contributed by atoms with van der Waals surface area (Å²) < 4.78 is 25.0. The standard InChI is InChI=1S/C10H9F2NO2/c1-10(11,12)9(15)6-8(14)7-2-4-13-5-3-7/h2-5H,6H2,1H3. The van der Waals surface area contributed by atoms with Crippen molar-refractivity contribution in [1.29, 1.82) is 0 Å². The zero-order valence-corrected chi connectivity index (χ0v) is 8.04. The predicted molar refractivity (Wildman–Crippen MR) is 48.8 cm³/mol. The van der Waals surface area contributed by atoms with Crippen LogP contribution in [0.3, 0.4) is 0 Å². The number of pyridine rings is 1. The Kier molecular flexibility index (Phi) is 3.24. The van der Waals surface area contributed by atoms with Crippen molar-refractivity contribution in [2.45, 2.75) is 19.3 Å². The van der Waals surface area contributed by atoms with Crippen LogP contribution >= 0.6 is 0 Å². The molecule has 0 aromatic carbocycles. The van der Waals surface area contributed by atoms with Crippen LogP contribution in [0.5, 0.6) is 0 Å². The number of ketones is 2. The van der Waals surface area contributed by atoms with Gasteiger partial charge >= 0.3 is 5.92 Å². The second-order valence-corrected chi connectivity index (χ2v) is 3.15. The largest absolute Gasteiger partial charge is 0.303 e. The first-order valence-corrected chi connectivity index (χ1v) is 4.25. The molecular formula is C10H9F2NO2. The highest BCUT2D eigenvalue weighted by atomic mass is 19.3. The number of alkyl halides is 2. The van der Waals surface area contributed by atoms with E-state index in [-0.39, 0.29) is 5.56 Å². The number of halogens is 2. The van der Waals surface area contributed by atoms with E-state index in [1.807, 2.05) is 0 Å². The summed E-state index contributed by atoms with van der Waals surface area (Å²) in [4.78, 5) is 25.9. The van der Waals surface area contributed by atoms with Crippen molar-refractivity contribution >= 4 is 11.6 Å². The van der Waals surface area contributed by atoms with Crippen molar-refractivity contribution in [2.75, 3.05) is 0 Å². The minimum atomic E-state index is -3.46. The van der Waals surface area contributed by atoms with E-state index in [9.17, 15) is 18.4 Å². The summed E-state index contributed by atoms with van der Waals surface area (Å²) in [5.74, 6) is -5.45. The predicted octanol–water partition coefficient (Wildman–Crippen LogP) is 1.88. The Hall–Kier alpha value is -1.65. The van der Waals surface area contributed by atoms with Crippen molar-refractivity contribution < 1.29 is 18.4 Å². The Morgan fingerprint density at radius 1 is 1.33 bits per heavy atom. The molecule has 1 aromatic heterocycles. The summed E-state index contributed by atoms with van der Waals surface area (Å²) in [5, 5.41) is 0. The van der Waals surface area contributed by atoms with E-state index in [4.69, 9.17) is 0 Å². The number of aromatic nitrogens is 1. The average molecular weight is 213 g/mol. The van der Waals surface area contributed by atoms with Crippen molar-refractivity contribution in [3.8, 4) is 0 Å². The maximum atomic E-state index is 12.5. The lowest BCUT2D eigenvalue weighted by atomic mass is 10.0. The van der Waals surface area contributed by atoms with E-state index in [1.54, 1.807) is 0 Å². The molecule has 0 N–H and O–H groups in total. The van der Waals surface area contributed by atoms with Crippen LogP contribution in [-0.4, -0.2) is 22.5 Å². The molecule has 1 aromatic rings. The molecule has 0 unspecified atom stereocenters. The molecule has 0 spiro atoms. The summed E-state index contributed by atoms with van der Waals surface area (Å²) in [6, 6.07) is 2.76. The van der Waals surface area contributed by atoms with Gasteiger partial charge in [-0.2, -0.15) is 8.78 Å². The molecular weight excluding hydrogens is 204 g/mol. The molecule has 0 amide bonds. The Morgan fingerprint density at radius 3 is 2.33 bits per heavy atom. The zero-order chi connectivity index (χ0) is 11.5. The maximum Gasteiger partial charge on any atom is 0.303 e. The molecule has 3 nitrogen and oxygen atoms in total. The third kappa shape index (κ3) is 3.19. The van der Waals surface area contributed by atoms with Crippen LogP contribution in [-0.2, 0) is 4.79 Å². The van der Waals surface area contributed by atoms with Gasteiger partial charge in [-0.25, -0.2) is 0 Å². The number of carbonyl (C=O) groups is 2. The molecule has 0 aliphatic rings. The molecule has 0 atom stereocenters. The SMILES string of the molecule is CC(F)(F)C(=O)CC(=O)c1ccncc1. The van der Waals surface area contributed by atoms with Crippen LogP contribution in [0, 0.1) is 0 Å². The van der Waals surface area contributed by atoms with Crippen LogP contribution < -0.4 is 0 Å². The smallest absolute Gasteiger partial charge is 0.294 e. The maximum absolute atomic E-state index is 12.5. The molecule has 0 bridgehead atoms. The number of hydrogen-bond donors (Lipinski definition) is 0. The van der Waals surface area contributed by atoms with Crippen LogP contribution in [0.1, 0.15) is 23.7 Å². The van der Waals surface area contributed by atoms with Gasteiger partial charge in [0.15, 0.2) is 5.78 Å². The summed E-state index contributed by atoms with van der Waals surface area (Å²) in [6.45, 7) is 0.481. The Labute approximate surface area is 85.1 Å². The molecule has 80 valence electrons. The summed E-state index contributed by atoms with van der Waals surface area (Å²) in [5.41, 5.74) is 0.211. The highest BCUT2D eigenvalue weighted by Gasteiger charge is 2.33. The number of nitrogens with zero attached hydrogens (tertiary/aromatic N) is 1. The second kappa shape index (κ2) is 4.25. The Balaban J connectivity index is 2.70. The molecule has 0 saturated heterocycles. The van der Waals surface area contributed by atoms with Gasteiger partial charge in [-0.05, 0) is 12.1 Å². The van der Waals surface area contributed by atoms with E-state index < -0.39 is 23.9 Å². The first-order valence-electron chi connectivity index (χ1n) is 4.25. The minimum Gasteiger partial charge on any atom is -0.294 e. The molecule has 0 fully saturated rings. The fourth-order valence-corrected chi connectivity index (χ4v) is 0.941. The third-order valence-electron chi connectivity index (χ3n) is 1.81. The lowest BCUT2D eigenvalue weighted by Crippen LogP contribution is -2.26. The Morgan fingerprint density at radius 2 is 1.87 bits per heavy atom. The summed E-state index contributed by atoms with van der Waals surface area (Å²) in [7, 11) is 0. The van der Waals surface area contributed by atoms with Gasteiger partial charge in [-0.3, -0.25) is 14.6 Å². The number of carbonyl (C=O) groups excluding carboxylic acids is 2. The van der Waals surface area contributed by atoms with Gasteiger partial charge in [0, 0.05) is 24.9 Å². The van der Waals surface area contributed by atoms with Gasteiger partial charge in [0.25, 0.3) is 0 Å². The molecule has 15 heavy (non-hydrogen) atoms. The fourth-order valence-electron chi connectivity index (χ4n) is 0.941. The molecule has 5 heteroatoms. The molecule has 1 rings (SSSR count). The molecule has 0 radical (unpaired) electrons. The fraction of sp³-hybridized carbons (Fsp3) is 0.300. The van der Waals surface area contributed by atoms with Crippen LogP contribution in [0.25, 0.3) is 0 Å². The van der Waals surface area contributed by atoms with Gasteiger partial charge in [0.05, 0.1) is 6.42 Å². The van der Waals surface area contributed by atoms with Gasteiger partial charge in [0.1, 0.15) is 0 Å². The molecule has 0 aliphatic carbocycles. The van der Waals surface area contributed by atoms with E-state index >= 15 is 0 Å². The van der Waals surface area contributed by atoms with Crippen molar-refractivity contribution in [1.82, 2.24) is 4.98 Å². The topological polar surface area (TPSA) is 47.0 Å². The summed E-state index contributed by atoms with van der Waals surface area (Å²) in [6.07, 6.45) is 1.94. The lowest BCUT2D eigenvalue weighted by molar-refractivity contribution is -0.139. The normalized spacial score (nSPS) is 11.1. The van der Waals surface area contributed by atoms with Gasteiger partial charge in [-0.15, -0.1) is 0 Å². The van der Waals surface area contributed by atoms with Crippen molar-refractivity contribution in [3.05, 3.63) is 30.1 Å². The van der Waals surface area contributed by atoms with Crippen LogP contribution in [0.4, 0.5) is 8.78 Å². The van der Waals surface area contributed by atoms with Crippen molar-refractivity contribution in [2.24, 2.45) is 0 Å². The van der Waals surface area contributed by atoms with Gasteiger partial charge < -0.3 is 0 Å². The van der Waals surface area contributed by atoms with Crippen LogP contribution in [0.2, 0.25) is 0 Å². The lowest BCUT2D eigenvalue weighted by Gasteiger charge is -2.07. The monoisotopic (exact) mass is 213 g/mol. The number of Topliss-reactive ketones (excluding diaryl/α,β-unsaturated/α-hetero) is 2. The van der Waals surface area contributed by atoms with Crippen molar-refractivity contribution in [3.63, 3.8) is 0 Å². The first-order chi connectivity index (χ1) is 6.91. The van der Waals surface area contributed by atoms with E-state index in [0.29, 0.717) is 6.92 Å². The quantitative estimate of drug-likeness (QED) is 0.566. The summed E-state index contributed by atoms with van der Waals surface area (Å²) >= 11 is 0. The Bertz CT molecular complexity index is 371. The molecule has 1 heterocycles. The average Bonchev–Trinajstić information content (AvgIpc) is 2.17. The molecule has 0 aliphatic heterocycles. The third-order valence-corrected chi connectivity index (χ3v) is 1.81. The highest BCUT2D eigenvalue weighted by molar-refractivity contribution is 6.09. The highest BCUT2D eigenvalue weighted by Crippen LogP contribution is 2.16. The molecule has 0 saturated carbocycles. The minimum absolute atomic E-state index is 0.211. The van der Waals surface area contributed by atoms with Gasteiger partial charge in [0.2, 0.25) is 5.78 Å². The second-order valence-electron chi connectivity index (χ2n) is 3.15. The van der Waals surface area contributed by atoms with E-state index in [2.05, 4.69) is 4.98 Å². The zero-order valence-electron chi connectivity index (χ0n) is 8.04. The number of hydrogen-bond acceptors (Lipinski definition) is 3. The number of rotatable bonds is 4. The van der Waals surface area contributed by atoms with E-state index in [1.165, 1.54) is 24.5 Å². The first kappa shape index (κ1) is 11.4. The van der Waals surface area contributed by atoms with Gasteiger partial charge in [-0.1, -0.05) is 0 Å². The van der Waals surface area contributed by atoms with E-state index in [0.717, 1.165) is 0 Å². The van der Waals surface area contributed by atoms with Crippen LogP contribution in [0.15, 0.2) is 24.5 Å².